The Labute approximate surface area is 249 Å². The maximum absolute atomic E-state index is 12.1. The second kappa shape index (κ2) is 12.5. The van der Waals surface area contributed by atoms with Crippen LogP contribution in [0.4, 0.5) is 0 Å². The lowest BCUT2D eigenvalue weighted by atomic mass is 9.43. The molecule has 10 nitrogen and oxygen atoms in total. The van der Waals surface area contributed by atoms with Crippen molar-refractivity contribution in [1.29, 1.82) is 0 Å². The van der Waals surface area contributed by atoms with Gasteiger partial charge in [-0.3, -0.25) is 4.79 Å². The van der Waals surface area contributed by atoms with E-state index in [0.29, 0.717) is 38.7 Å². The molecule has 0 amide bonds. The van der Waals surface area contributed by atoms with Gasteiger partial charge in [-0.2, -0.15) is 0 Å². The van der Waals surface area contributed by atoms with Crippen molar-refractivity contribution in [3.63, 3.8) is 0 Å². The van der Waals surface area contributed by atoms with E-state index in [4.69, 9.17) is 14.2 Å². The topological polar surface area (TPSA) is 166 Å². The number of aliphatic hydroxyl groups is 6. The number of carbonyl (C=O) groups is 1. The number of carbonyl (C=O) groups excluding carboxylic acids is 1. The fourth-order valence-corrected chi connectivity index (χ4v) is 10.4. The second-order valence-corrected chi connectivity index (χ2v) is 14.7. The molecule has 42 heavy (non-hydrogen) atoms. The summed E-state index contributed by atoms with van der Waals surface area (Å²) in [6.45, 7) is 8.36. The summed E-state index contributed by atoms with van der Waals surface area (Å²) in [6.07, 6.45) is -1.51. The van der Waals surface area contributed by atoms with Crippen molar-refractivity contribution in [1.82, 2.24) is 0 Å². The predicted octanol–water partition coefficient (Wildman–Crippen LogP) is 1.75. The van der Waals surface area contributed by atoms with Crippen LogP contribution >= 0.6 is 0 Å². The molecular weight excluding hydrogens is 544 g/mol. The lowest BCUT2D eigenvalue weighted by Gasteiger charge is -2.64. The lowest BCUT2D eigenvalue weighted by Crippen LogP contribution is -2.65. The number of hydrogen-bond donors (Lipinski definition) is 6. The molecule has 1 aliphatic heterocycles. The smallest absolute Gasteiger partial charge is 0.305 e. The first kappa shape index (κ1) is 32.5. The van der Waals surface area contributed by atoms with Gasteiger partial charge in [-0.05, 0) is 105 Å². The second-order valence-electron chi connectivity index (χ2n) is 14.7. The van der Waals surface area contributed by atoms with Crippen LogP contribution in [0.5, 0.6) is 0 Å². The van der Waals surface area contributed by atoms with Crippen molar-refractivity contribution < 1.29 is 49.6 Å². The quantitative estimate of drug-likeness (QED) is 0.179. The number of ether oxygens (including phenoxy) is 3. The highest BCUT2D eigenvalue weighted by molar-refractivity contribution is 5.69. The van der Waals surface area contributed by atoms with Crippen LogP contribution in [0.25, 0.3) is 0 Å². The molecule has 1 saturated heterocycles. The zero-order valence-corrected chi connectivity index (χ0v) is 25.7. The SMILES string of the molecule is CCOC(=O)CC[C@@H](C)[C@H]1CC[C@H]2[C@@H]3[C@H](O[C@@H]4O[C@H](CO)[C@H](O)[C@H](O)[C@H]4O)C[C@@H]4C[C@H](O)CC[C@]4(C)[C@H]3C[C@H](O)[C@]12C. The summed E-state index contributed by atoms with van der Waals surface area (Å²) >= 11 is 0. The van der Waals surface area contributed by atoms with Gasteiger partial charge >= 0.3 is 5.97 Å². The lowest BCUT2D eigenvalue weighted by molar-refractivity contribution is -0.330. The molecule has 242 valence electrons. The van der Waals surface area contributed by atoms with E-state index < -0.39 is 43.4 Å². The average Bonchev–Trinajstić information content (AvgIpc) is 3.32. The van der Waals surface area contributed by atoms with Crippen molar-refractivity contribution in [2.45, 2.75) is 135 Å². The van der Waals surface area contributed by atoms with E-state index in [2.05, 4.69) is 20.8 Å². The van der Waals surface area contributed by atoms with Crippen LogP contribution in [0, 0.1) is 46.3 Å². The van der Waals surface area contributed by atoms with Gasteiger partial charge in [-0.25, -0.2) is 0 Å². The normalized spacial score (nSPS) is 51.2. The van der Waals surface area contributed by atoms with Gasteiger partial charge in [0.05, 0.1) is 31.5 Å². The minimum atomic E-state index is -1.52. The molecule has 5 aliphatic rings. The van der Waals surface area contributed by atoms with Gasteiger partial charge < -0.3 is 44.8 Å². The third-order valence-electron chi connectivity index (χ3n) is 12.8. The minimum absolute atomic E-state index is 0.0597. The number of aliphatic hydroxyl groups excluding tert-OH is 6. The highest BCUT2D eigenvalue weighted by atomic mass is 16.7. The molecule has 6 N–H and O–H groups in total. The van der Waals surface area contributed by atoms with Crippen LogP contribution in [0.3, 0.4) is 0 Å². The van der Waals surface area contributed by atoms with Crippen molar-refractivity contribution in [2.75, 3.05) is 13.2 Å². The fraction of sp³-hybridized carbons (Fsp3) is 0.969. The summed E-state index contributed by atoms with van der Waals surface area (Å²) in [5, 5.41) is 64.0. The molecule has 4 saturated carbocycles. The Hall–Kier alpha value is -0.850. The molecule has 0 aromatic carbocycles. The van der Waals surface area contributed by atoms with E-state index in [-0.39, 0.29) is 64.5 Å². The van der Waals surface area contributed by atoms with Crippen LogP contribution < -0.4 is 0 Å². The van der Waals surface area contributed by atoms with Gasteiger partial charge in [-0.1, -0.05) is 20.8 Å². The van der Waals surface area contributed by atoms with Crippen molar-refractivity contribution in [3.8, 4) is 0 Å². The summed E-state index contributed by atoms with van der Waals surface area (Å²) in [5.74, 6) is 0.754. The monoisotopic (exact) mass is 598 g/mol. The van der Waals surface area contributed by atoms with Gasteiger partial charge in [0, 0.05) is 6.42 Å². The molecule has 0 unspecified atom stereocenters. The Morgan fingerprint density at radius 1 is 0.976 bits per heavy atom. The maximum atomic E-state index is 12.1. The first-order valence-electron chi connectivity index (χ1n) is 16.3. The van der Waals surface area contributed by atoms with E-state index in [9.17, 15) is 35.4 Å². The molecular formula is C32H54O10. The Balaban J connectivity index is 1.44. The van der Waals surface area contributed by atoms with Crippen LogP contribution in [-0.2, 0) is 19.0 Å². The van der Waals surface area contributed by atoms with Gasteiger partial charge in [-0.15, -0.1) is 0 Å². The molecule has 5 rings (SSSR count). The van der Waals surface area contributed by atoms with Crippen LogP contribution in [-0.4, -0.2) is 98.8 Å². The average molecular weight is 599 g/mol. The zero-order chi connectivity index (χ0) is 30.6. The van der Waals surface area contributed by atoms with E-state index in [1.54, 1.807) is 0 Å². The van der Waals surface area contributed by atoms with Gasteiger partial charge in [0.25, 0.3) is 0 Å². The van der Waals surface area contributed by atoms with E-state index in [0.717, 1.165) is 25.7 Å². The molecule has 0 aromatic heterocycles. The summed E-state index contributed by atoms with van der Waals surface area (Å²) in [5.41, 5.74) is -0.460. The largest absolute Gasteiger partial charge is 0.466 e. The molecule has 4 aliphatic carbocycles. The first-order valence-corrected chi connectivity index (χ1v) is 16.3. The zero-order valence-electron chi connectivity index (χ0n) is 25.7. The molecule has 0 spiro atoms. The Bertz CT molecular complexity index is 946. The van der Waals surface area contributed by atoms with E-state index in [1.807, 2.05) is 6.92 Å². The summed E-state index contributed by atoms with van der Waals surface area (Å²) in [4.78, 5) is 12.1. The van der Waals surface area contributed by atoms with E-state index in [1.165, 1.54) is 0 Å². The molecule has 0 bridgehead atoms. The Morgan fingerprint density at radius 2 is 1.71 bits per heavy atom. The molecule has 10 heteroatoms. The summed E-state index contributed by atoms with van der Waals surface area (Å²) < 4.78 is 17.6. The minimum Gasteiger partial charge on any atom is -0.466 e. The third kappa shape index (κ3) is 5.46. The van der Waals surface area contributed by atoms with Gasteiger partial charge in [0.2, 0.25) is 0 Å². The van der Waals surface area contributed by atoms with Gasteiger partial charge in [0.15, 0.2) is 6.29 Å². The first-order chi connectivity index (χ1) is 19.9. The van der Waals surface area contributed by atoms with Crippen molar-refractivity contribution >= 4 is 5.97 Å². The number of esters is 1. The highest BCUT2D eigenvalue weighted by Crippen LogP contribution is 2.69. The van der Waals surface area contributed by atoms with Gasteiger partial charge in [0.1, 0.15) is 24.4 Å². The molecule has 5 fully saturated rings. The number of fused-ring (bicyclic) bond motifs is 5. The standard InChI is InChI=1S/C32H54O10/c1-5-40-25(36)9-6-16(2)19-7-8-20-26-21(14-24(35)32(19,20)4)31(3)11-10-18(34)12-17(31)13-22(26)41-30-29(39)28(38)27(37)23(15-33)42-30/h16-24,26-30,33-35,37-39H,5-15H2,1-4H3/t16-,17+,18-,19-,20+,21+,22-,23-,24+,26+,27+,28+,29-,30-,31+,32-/m1/s1. The molecule has 16 atom stereocenters. The molecule has 1 heterocycles. The van der Waals surface area contributed by atoms with Crippen molar-refractivity contribution in [3.05, 3.63) is 0 Å². The van der Waals surface area contributed by atoms with E-state index >= 15 is 0 Å². The maximum Gasteiger partial charge on any atom is 0.305 e. The van der Waals surface area contributed by atoms with Crippen molar-refractivity contribution in [2.24, 2.45) is 46.3 Å². The predicted molar refractivity (Wildman–Crippen MR) is 152 cm³/mol. The Kier molecular flexibility index (Phi) is 9.69. The number of hydrogen-bond acceptors (Lipinski definition) is 10. The molecule has 0 radical (unpaired) electrons. The summed E-state index contributed by atoms with van der Waals surface area (Å²) in [6, 6.07) is 0. The summed E-state index contributed by atoms with van der Waals surface area (Å²) in [7, 11) is 0. The molecule has 0 aromatic rings. The fourth-order valence-electron chi connectivity index (χ4n) is 10.4. The van der Waals surface area contributed by atoms with Crippen LogP contribution in [0.15, 0.2) is 0 Å². The Morgan fingerprint density at radius 3 is 2.40 bits per heavy atom. The third-order valence-corrected chi connectivity index (χ3v) is 12.8. The van der Waals surface area contributed by atoms with Crippen LogP contribution in [0.1, 0.15) is 85.5 Å². The highest BCUT2D eigenvalue weighted by Gasteiger charge is 2.66. The van der Waals surface area contributed by atoms with Crippen LogP contribution in [0.2, 0.25) is 0 Å². The number of rotatable bonds is 8.